The van der Waals surface area contributed by atoms with E-state index in [0.717, 1.165) is 22.6 Å². The van der Waals surface area contributed by atoms with Crippen LogP contribution in [-0.4, -0.2) is 4.55 Å². The van der Waals surface area contributed by atoms with Gasteiger partial charge in [-0.05, 0) is 96.9 Å². The fraction of sp³-hybridized carbons (Fsp3) is 0.538. The van der Waals surface area contributed by atoms with Gasteiger partial charge in [-0.15, -0.1) is 0 Å². The van der Waals surface area contributed by atoms with Crippen LogP contribution in [-0.2, 0) is 24.0 Å². The Morgan fingerprint density at radius 2 is 1.04 bits per heavy atom. The second-order valence-corrected chi connectivity index (χ2v) is 10.8. The lowest BCUT2D eigenvalue weighted by atomic mass is 9.89. The van der Waals surface area contributed by atoms with Gasteiger partial charge in [0, 0.05) is 11.2 Å². The molecule has 0 aliphatic rings. The Hall–Kier alpha value is -1.25. The summed E-state index contributed by atoms with van der Waals surface area (Å²) in [5, 5.41) is 0. The van der Waals surface area contributed by atoms with Crippen molar-refractivity contribution in [3.8, 4) is 0 Å². The minimum Gasteiger partial charge on any atom is -0.606 e. The van der Waals surface area contributed by atoms with Crippen molar-refractivity contribution in [3.63, 3.8) is 0 Å². The number of aryl methyl sites for hydroxylation is 2. The van der Waals surface area contributed by atoms with Crippen molar-refractivity contribution in [2.75, 3.05) is 0 Å². The molecule has 0 N–H and O–H groups in total. The van der Waals surface area contributed by atoms with Crippen LogP contribution < -0.4 is 0 Å². The minimum absolute atomic E-state index is 0.617. The van der Waals surface area contributed by atoms with E-state index in [2.05, 4.69) is 79.7 Å². The monoisotopic (exact) mass is 398 g/mol. The summed E-state index contributed by atoms with van der Waals surface area (Å²) in [5.41, 5.74) is 5.24. The second kappa shape index (κ2) is 9.98. The van der Waals surface area contributed by atoms with E-state index in [1.54, 1.807) is 0 Å². The largest absolute Gasteiger partial charge is 0.606 e. The average Bonchev–Trinajstić information content (AvgIpc) is 2.64. The zero-order valence-electron chi connectivity index (χ0n) is 19.0. The summed E-state index contributed by atoms with van der Waals surface area (Å²) in [6, 6.07) is 12.7. The second-order valence-electron chi connectivity index (χ2n) is 9.30. The molecule has 2 aromatic carbocycles. The average molecular weight is 399 g/mol. The van der Waals surface area contributed by atoms with Crippen LogP contribution in [0, 0.1) is 37.5 Å². The van der Waals surface area contributed by atoms with Crippen LogP contribution in [0.2, 0.25) is 0 Å². The third kappa shape index (κ3) is 5.87. The molecule has 0 saturated heterocycles. The predicted octanol–water partition coefficient (Wildman–Crippen LogP) is 7.14. The molecule has 28 heavy (non-hydrogen) atoms. The summed E-state index contributed by atoms with van der Waals surface area (Å²) < 4.78 is 13.3. The highest BCUT2D eigenvalue weighted by molar-refractivity contribution is 7.91. The summed E-state index contributed by atoms with van der Waals surface area (Å²) in [6.07, 6.45) is 2.08. The van der Waals surface area contributed by atoms with Crippen LogP contribution in [0.4, 0.5) is 0 Å². The van der Waals surface area contributed by atoms with Crippen molar-refractivity contribution in [3.05, 3.63) is 58.7 Å². The van der Waals surface area contributed by atoms with E-state index in [-0.39, 0.29) is 0 Å². The van der Waals surface area contributed by atoms with Gasteiger partial charge in [0.25, 0.3) is 0 Å². The molecule has 0 saturated carbocycles. The Labute approximate surface area is 176 Å². The molecule has 2 atom stereocenters. The lowest BCUT2D eigenvalue weighted by Gasteiger charge is -2.19. The van der Waals surface area contributed by atoms with Gasteiger partial charge in [0.1, 0.15) is 0 Å². The maximum Gasteiger partial charge on any atom is 0.158 e. The van der Waals surface area contributed by atoms with Crippen LogP contribution in [0.1, 0.15) is 63.8 Å². The molecule has 2 heteroatoms. The van der Waals surface area contributed by atoms with E-state index in [4.69, 9.17) is 0 Å². The molecule has 2 aromatic rings. The fourth-order valence-corrected chi connectivity index (χ4v) is 4.42. The van der Waals surface area contributed by atoms with Crippen molar-refractivity contribution in [1.29, 1.82) is 0 Å². The van der Waals surface area contributed by atoms with E-state index in [1.165, 1.54) is 22.3 Å². The molecular formula is C26H38OS. The zero-order chi connectivity index (χ0) is 21.0. The number of benzene rings is 2. The molecule has 0 fully saturated rings. The van der Waals surface area contributed by atoms with E-state index in [0.29, 0.717) is 23.7 Å². The molecule has 0 amide bonds. The van der Waals surface area contributed by atoms with Crippen LogP contribution >= 0.6 is 0 Å². The van der Waals surface area contributed by atoms with Crippen molar-refractivity contribution < 1.29 is 4.55 Å². The van der Waals surface area contributed by atoms with E-state index >= 15 is 0 Å². The smallest absolute Gasteiger partial charge is 0.158 e. The first-order chi connectivity index (χ1) is 13.1. The van der Waals surface area contributed by atoms with Gasteiger partial charge >= 0.3 is 0 Å². The maximum absolute atomic E-state index is 13.3. The highest BCUT2D eigenvalue weighted by Crippen LogP contribution is 2.28. The molecule has 0 heterocycles. The van der Waals surface area contributed by atoms with Crippen LogP contribution in [0.3, 0.4) is 0 Å². The Morgan fingerprint density at radius 3 is 1.36 bits per heavy atom. The van der Waals surface area contributed by atoms with Crippen molar-refractivity contribution in [2.24, 2.45) is 23.7 Å². The molecule has 0 spiro atoms. The minimum atomic E-state index is -1.13. The quantitative estimate of drug-likeness (QED) is 0.433. The lowest BCUT2D eigenvalue weighted by molar-refractivity contribution is 0.416. The normalized spacial score (nSPS) is 14.1. The summed E-state index contributed by atoms with van der Waals surface area (Å²) in [4.78, 5) is 1.84. The van der Waals surface area contributed by atoms with E-state index in [1.807, 2.05) is 12.1 Å². The van der Waals surface area contributed by atoms with Gasteiger partial charge in [0.15, 0.2) is 9.79 Å². The van der Waals surface area contributed by atoms with Gasteiger partial charge in [0.05, 0.1) is 0 Å². The molecule has 0 radical (unpaired) electrons. The lowest BCUT2D eigenvalue weighted by Crippen LogP contribution is -2.11. The SMILES string of the molecule is Cc1ccc([S+]([O-])c2ccc(C)c(C[C@H](C)C(C)C)c2)cc1C[C@H](C)C(C)C. The highest BCUT2D eigenvalue weighted by Gasteiger charge is 2.20. The van der Waals surface area contributed by atoms with Gasteiger partial charge in [-0.25, -0.2) is 0 Å². The third-order valence-electron chi connectivity index (χ3n) is 6.43. The van der Waals surface area contributed by atoms with E-state index in [9.17, 15) is 4.55 Å². The summed E-state index contributed by atoms with van der Waals surface area (Å²) in [6.45, 7) is 18.0. The molecule has 0 bridgehead atoms. The standard InChI is InChI=1S/C26H38OS/c1-17(2)21(7)13-23-15-25(11-9-19(23)5)28(27)26-12-10-20(6)24(16-26)14-22(8)18(3)4/h9-12,15-18,21-22H,13-14H2,1-8H3/t21-,22-/m0/s1. The Bertz CT molecular complexity index is 712. The van der Waals surface area contributed by atoms with Gasteiger partial charge in [-0.2, -0.15) is 0 Å². The Morgan fingerprint density at radius 1 is 0.679 bits per heavy atom. The Kier molecular flexibility index (Phi) is 8.21. The summed E-state index contributed by atoms with van der Waals surface area (Å²) in [7, 11) is 0. The number of rotatable bonds is 8. The molecule has 0 aromatic heterocycles. The predicted molar refractivity (Wildman–Crippen MR) is 122 cm³/mol. The van der Waals surface area contributed by atoms with Gasteiger partial charge in [-0.1, -0.05) is 53.7 Å². The van der Waals surface area contributed by atoms with Crippen LogP contribution in [0.25, 0.3) is 0 Å². The third-order valence-corrected chi connectivity index (χ3v) is 7.79. The molecule has 2 rings (SSSR count). The molecule has 0 unspecified atom stereocenters. The first kappa shape index (κ1) is 23.0. The molecule has 0 aliphatic heterocycles. The number of hydrogen-bond donors (Lipinski definition) is 0. The van der Waals surface area contributed by atoms with Crippen molar-refractivity contribution in [1.82, 2.24) is 0 Å². The fourth-order valence-electron chi connectivity index (χ4n) is 3.27. The Balaban J connectivity index is 2.29. The molecule has 1 nitrogen and oxygen atoms in total. The molecule has 0 aliphatic carbocycles. The van der Waals surface area contributed by atoms with Gasteiger partial charge in [0.2, 0.25) is 0 Å². The van der Waals surface area contributed by atoms with Crippen molar-refractivity contribution in [2.45, 2.75) is 78.0 Å². The summed E-state index contributed by atoms with van der Waals surface area (Å²) in [5.74, 6) is 2.53. The molecule has 154 valence electrons. The van der Waals surface area contributed by atoms with E-state index < -0.39 is 11.2 Å². The van der Waals surface area contributed by atoms with Gasteiger partial charge in [-0.3, -0.25) is 0 Å². The highest BCUT2D eigenvalue weighted by atomic mass is 32.2. The molecular weight excluding hydrogens is 360 g/mol. The first-order valence-corrected chi connectivity index (χ1v) is 11.9. The first-order valence-electron chi connectivity index (χ1n) is 10.7. The van der Waals surface area contributed by atoms with Crippen LogP contribution in [0.15, 0.2) is 46.2 Å². The zero-order valence-corrected chi connectivity index (χ0v) is 19.8. The van der Waals surface area contributed by atoms with Gasteiger partial charge < -0.3 is 4.55 Å². The van der Waals surface area contributed by atoms with Crippen LogP contribution in [0.5, 0.6) is 0 Å². The topological polar surface area (TPSA) is 23.1 Å². The maximum atomic E-state index is 13.3. The number of hydrogen-bond acceptors (Lipinski definition) is 1. The van der Waals surface area contributed by atoms with Crippen molar-refractivity contribution >= 4 is 11.2 Å². The summed E-state index contributed by atoms with van der Waals surface area (Å²) >= 11 is -1.13.